The first-order valence-electron chi connectivity index (χ1n) is 8.17. The number of amides is 1. The number of nitrogens with one attached hydrogen (secondary N) is 1. The highest BCUT2D eigenvalue weighted by Crippen LogP contribution is 2.23. The van der Waals surface area contributed by atoms with E-state index < -0.39 is 18.7 Å². The molecule has 146 valence electrons. The van der Waals surface area contributed by atoms with E-state index in [1.54, 1.807) is 38.3 Å². The largest absolute Gasteiger partial charge is 0.497 e. The van der Waals surface area contributed by atoms with Crippen molar-refractivity contribution in [3.05, 3.63) is 53.9 Å². The van der Waals surface area contributed by atoms with Gasteiger partial charge in [-0.05, 0) is 37.3 Å². The van der Waals surface area contributed by atoms with Gasteiger partial charge in [-0.2, -0.15) is 13.2 Å². The maximum Gasteiger partial charge on any atom is 0.422 e. The molecule has 0 aliphatic heterocycles. The molecule has 0 aliphatic rings. The number of fused-ring (bicyclic) bond motifs is 1. The number of rotatable bonds is 5. The minimum Gasteiger partial charge on any atom is -0.497 e. The van der Waals surface area contributed by atoms with Crippen molar-refractivity contribution in [3.63, 3.8) is 0 Å². The standard InChI is InChI=1S/C19H16F3N3O3/c1-11-15(8-12-7-14(27-2)4-5-16(12)24-11)18(26)25-13-3-6-17(23-9-13)28-10-19(20,21)22/h3-9H,10H2,1-2H3,(H,25,26). The number of methoxy groups -OCH3 is 1. The molecule has 0 unspecified atom stereocenters. The number of ether oxygens (including phenoxy) is 2. The minimum absolute atomic E-state index is 0.189. The molecule has 0 atom stereocenters. The number of halogens is 3. The summed E-state index contributed by atoms with van der Waals surface area (Å²) in [5, 5.41) is 3.38. The summed E-state index contributed by atoms with van der Waals surface area (Å²) < 4.78 is 46.2. The Hall–Kier alpha value is -3.36. The van der Waals surface area contributed by atoms with Crippen LogP contribution in [0, 0.1) is 6.92 Å². The van der Waals surface area contributed by atoms with E-state index in [0.29, 0.717) is 22.7 Å². The Morgan fingerprint density at radius 2 is 1.96 bits per heavy atom. The van der Waals surface area contributed by atoms with Gasteiger partial charge in [0.2, 0.25) is 5.88 Å². The summed E-state index contributed by atoms with van der Waals surface area (Å²) in [5.41, 5.74) is 1.93. The third-order valence-electron chi connectivity index (χ3n) is 3.84. The van der Waals surface area contributed by atoms with Crippen molar-refractivity contribution in [2.45, 2.75) is 13.1 Å². The lowest BCUT2D eigenvalue weighted by atomic mass is 10.1. The number of hydrogen-bond acceptors (Lipinski definition) is 5. The summed E-state index contributed by atoms with van der Waals surface area (Å²) in [5.74, 6) is 0.0367. The zero-order valence-corrected chi connectivity index (χ0v) is 15.0. The van der Waals surface area contributed by atoms with Crippen molar-refractivity contribution in [2.75, 3.05) is 19.0 Å². The summed E-state index contributed by atoms with van der Waals surface area (Å²) in [6.07, 6.45) is -3.23. The fraction of sp³-hybridized carbons (Fsp3) is 0.211. The minimum atomic E-state index is -4.45. The molecule has 3 rings (SSSR count). The quantitative estimate of drug-likeness (QED) is 0.708. The molecule has 1 N–H and O–H groups in total. The van der Waals surface area contributed by atoms with Crippen LogP contribution in [0.15, 0.2) is 42.6 Å². The zero-order chi connectivity index (χ0) is 20.3. The van der Waals surface area contributed by atoms with Crippen LogP contribution >= 0.6 is 0 Å². The first-order valence-corrected chi connectivity index (χ1v) is 8.17. The summed E-state index contributed by atoms with van der Waals surface area (Å²) in [7, 11) is 1.55. The molecule has 3 aromatic rings. The van der Waals surface area contributed by atoms with E-state index in [0.717, 1.165) is 10.9 Å². The summed E-state index contributed by atoms with van der Waals surface area (Å²) in [6, 6.07) is 9.70. The van der Waals surface area contributed by atoms with Gasteiger partial charge < -0.3 is 14.8 Å². The first kappa shape index (κ1) is 19.4. The van der Waals surface area contributed by atoms with E-state index in [1.807, 2.05) is 0 Å². The molecule has 0 saturated carbocycles. The fourth-order valence-electron chi connectivity index (χ4n) is 2.50. The zero-order valence-electron chi connectivity index (χ0n) is 15.0. The van der Waals surface area contributed by atoms with Crippen LogP contribution in [0.1, 0.15) is 16.1 Å². The Balaban J connectivity index is 1.76. The molecule has 0 fully saturated rings. The summed E-state index contributed by atoms with van der Waals surface area (Å²) >= 11 is 0. The van der Waals surface area contributed by atoms with Gasteiger partial charge in [0.25, 0.3) is 5.91 Å². The summed E-state index contributed by atoms with van der Waals surface area (Å²) in [4.78, 5) is 20.8. The third kappa shape index (κ3) is 4.67. The maximum absolute atomic E-state index is 12.6. The van der Waals surface area contributed by atoms with Crippen molar-refractivity contribution in [1.29, 1.82) is 0 Å². The van der Waals surface area contributed by atoms with Gasteiger partial charge in [-0.25, -0.2) is 4.98 Å². The Labute approximate surface area is 158 Å². The van der Waals surface area contributed by atoms with E-state index >= 15 is 0 Å². The smallest absolute Gasteiger partial charge is 0.422 e. The number of carbonyl (C=O) groups excluding carboxylic acids is 1. The molecule has 0 bridgehead atoms. The lowest BCUT2D eigenvalue weighted by Crippen LogP contribution is -2.19. The predicted molar refractivity (Wildman–Crippen MR) is 96.8 cm³/mol. The highest BCUT2D eigenvalue weighted by Gasteiger charge is 2.28. The van der Waals surface area contributed by atoms with Gasteiger partial charge in [-0.1, -0.05) is 0 Å². The fourth-order valence-corrected chi connectivity index (χ4v) is 2.50. The number of hydrogen-bond donors (Lipinski definition) is 1. The van der Waals surface area contributed by atoms with E-state index in [2.05, 4.69) is 20.0 Å². The van der Waals surface area contributed by atoms with Crippen LogP contribution in [0.3, 0.4) is 0 Å². The second kappa shape index (κ2) is 7.71. The van der Waals surface area contributed by atoms with Crippen LogP contribution in [0.5, 0.6) is 11.6 Å². The third-order valence-corrected chi connectivity index (χ3v) is 3.84. The number of aromatic nitrogens is 2. The molecule has 1 amide bonds. The van der Waals surface area contributed by atoms with Gasteiger partial charge in [0.1, 0.15) is 5.75 Å². The van der Waals surface area contributed by atoms with Crippen LogP contribution in [-0.2, 0) is 0 Å². The topological polar surface area (TPSA) is 73.3 Å². The Bertz CT molecular complexity index is 1000. The van der Waals surface area contributed by atoms with Gasteiger partial charge in [0.05, 0.1) is 35.8 Å². The van der Waals surface area contributed by atoms with Crippen molar-refractivity contribution < 1.29 is 27.4 Å². The predicted octanol–water partition coefficient (Wildman–Crippen LogP) is 4.14. The number of nitrogens with zero attached hydrogens (tertiary/aromatic N) is 2. The maximum atomic E-state index is 12.6. The van der Waals surface area contributed by atoms with E-state index in [4.69, 9.17) is 4.74 Å². The molecule has 28 heavy (non-hydrogen) atoms. The second-order valence-corrected chi connectivity index (χ2v) is 5.92. The van der Waals surface area contributed by atoms with Crippen LogP contribution in [0.25, 0.3) is 10.9 Å². The number of carbonyl (C=O) groups is 1. The molecule has 0 spiro atoms. The van der Waals surface area contributed by atoms with Crippen molar-refractivity contribution in [3.8, 4) is 11.6 Å². The Kier molecular flexibility index (Phi) is 5.34. The number of anilines is 1. The lowest BCUT2D eigenvalue weighted by Gasteiger charge is -2.11. The van der Waals surface area contributed by atoms with Crippen LogP contribution in [0.4, 0.5) is 18.9 Å². The Morgan fingerprint density at radius 1 is 1.18 bits per heavy atom. The van der Waals surface area contributed by atoms with E-state index in [1.165, 1.54) is 18.3 Å². The van der Waals surface area contributed by atoms with Crippen LogP contribution < -0.4 is 14.8 Å². The highest BCUT2D eigenvalue weighted by molar-refractivity contribution is 6.06. The summed E-state index contributed by atoms with van der Waals surface area (Å²) in [6.45, 7) is 0.280. The van der Waals surface area contributed by atoms with Crippen molar-refractivity contribution in [1.82, 2.24) is 9.97 Å². The van der Waals surface area contributed by atoms with Gasteiger partial charge >= 0.3 is 6.18 Å². The van der Waals surface area contributed by atoms with Crippen molar-refractivity contribution in [2.24, 2.45) is 0 Å². The number of benzene rings is 1. The van der Waals surface area contributed by atoms with Crippen molar-refractivity contribution >= 4 is 22.5 Å². The first-order chi connectivity index (χ1) is 13.2. The SMILES string of the molecule is COc1ccc2nc(C)c(C(=O)Nc3ccc(OCC(F)(F)F)nc3)cc2c1. The van der Waals surface area contributed by atoms with Crippen LogP contribution in [0.2, 0.25) is 0 Å². The molecule has 9 heteroatoms. The average molecular weight is 391 g/mol. The number of pyridine rings is 2. The average Bonchev–Trinajstić information content (AvgIpc) is 2.66. The molecule has 2 heterocycles. The molecular weight excluding hydrogens is 375 g/mol. The van der Waals surface area contributed by atoms with E-state index in [-0.39, 0.29) is 5.88 Å². The second-order valence-electron chi connectivity index (χ2n) is 5.92. The Morgan fingerprint density at radius 3 is 2.61 bits per heavy atom. The van der Waals surface area contributed by atoms with Crippen LogP contribution in [-0.4, -0.2) is 35.8 Å². The van der Waals surface area contributed by atoms with Gasteiger partial charge in [0.15, 0.2) is 6.61 Å². The molecular formula is C19H16F3N3O3. The molecule has 0 aliphatic carbocycles. The number of aryl methyl sites for hydroxylation is 1. The van der Waals surface area contributed by atoms with Gasteiger partial charge in [-0.15, -0.1) is 0 Å². The highest BCUT2D eigenvalue weighted by atomic mass is 19.4. The molecule has 6 nitrogen and oxygen atoms in total. The molecule has 0 saturated heterocycles. The lowest BCUT2D eigenvalue weighted by molar-refractivity contribution is -0.154. The molecule has 1 aromatic carbocycles. The number of alkyl halides is 3. The molecule has 0 radical (unpaired) electrons. The normalized spacial score (nSPS) is 11.3. The monoisotopic (exact) mass is 391 g/mol. The van der Waals surface area contributed by atoms with Gasteiger partial charge in [0, 0.05) is 11.5 Å². The van der Waals surface area contributed by atoms with E-state index in [9.17, 15) is 18.0 Å². The molecule has 2 aromatic heterocycles. The van der Waals surface area contributed by atoms with Gasteiger partial charge in [-0.3, -0.25) is 9.78 Å².